The monoisotopic (exact) mass is 559 g/mol. The fourth-order valence-electron chi connectivity index (χ4n) is 4.28. The topological polar surface area (TPSA) is 70.8 Å². The number of rotatable bonds is 12. The Morgan fingerprint density at radius 3 is 1.71 bits per heavy atom. The van der Waals surface area contributed by atoms with Gasteiger partial charge in [0.2, 0.25) is 0 Å². The van der Waals surface area contributed by atoms with Crippen molar-refractivity contribution in [2.45, 2.75) is 19.8 Å². The normalized spacial score (nSPS) is 10.9. The minimum Gasteiger partial charge on any atom is -0.489 e. The van der Waals surface area contributed by atoms with Crippen LogP contribution in [0.25, 0.3) is 6.08 Å². The summed E-state index contributed by atoms with van der Waals surface area (Å²) in [5, 5.41) is 0. The number of nitrogen functional groups attached to an aromatic ring is 1. The molecule has 0 saturated heterocycles. The van der Waals surface area contributed by atoms with Crippen LogP contribution in [0, 0.1) is 5.82 Å². The molecule has 0 aliphatic carbocycles. The summed E-state index contributed by atoms with van der Waals surface area (Å²) in [4.78, 5) is 13.4. The zero-order valence-electron chi connectivity index (χ0n) is 22.9. The summed E-state index contributed by atoms with van der Waals surface area (Å²) in [6.07, 6.45) is 2.89. The van der Waals surface area contributed by atoms with E-state index in [0.717, 1.165) is 16.7 Å². The Kier molecular flexibility index (Phi) is 9.27. The number of hydrogen-bond acceptors (Lipinski definition) is 5. The second kappa shape index (κ2) is 13.8. The van der Waals surface area contributed by atoms with E-state index in [0.29, 0.717) is 23.7 Å². The van der Waals surface area contributed by atoms with Crippen molar-refractivity contribution in [2.24, 2.45) is 0 Å². The number of benzene rings is 5. The average Bonchev–Trinajstić information content (AvgIpc) is 3.02. The van der Waals surface area contributed by atoms with Gasteiger partial charge in [-0.2, -0.15) is 0 Å². The number of allylic oxidation sites excluding steroid dienone is 1. The van der Waals surface area contributed by atoms with Crippen LogP contribution in [0.2, 0.25) is 0 Å². The molecule has 2 N–H and O–H groups in total. The highest BCUT2D eigenvalue weighted by molar-refractivity contribution is 6.12. The van der Waals surface area contributed by atoms with Crippen LogP contribution < -0.4 is 19.9 Å². The predicted molar refractivity (Wildman–Crippen MR) is 163 cm³/mol. The van der Waals surface area contributed by atoms with E-state index in [-0.39, 0.29) is 36.0 Å². The molecule has 5 aromatic rings. The van der Waals surface area contributed by atoms with Gasteiger partial charge in [-0.25, -0.2) is 4.39 Å². The Bertz CT molecular complexity index is 1660. The first-order chi connectivity index (χ1) is 20.5. The van der Waals surface area contributed by atoms with Gasteiger partial charge in [0.1, 0.15) is 31.3 Å². The molecule has 6 heteroatoms. The lowest BCUT2D eigenvalue weighted by Gasteiger charge is -2.15. The molecule has 0 fully saturated rings. The first-order valence-electron chi connectivity index (χ1n) is 13.5. The Hall–Kier alpha value is -5.36. The molecule has 0 amide bonds. The van der Waals surface area contributed by atoms with Gasteiger partial charge < -0.3 is 19.9 Å². The van der Waals surface area contributed by atoms with Crippen molar-refractivity contribution in [3.8, 4) is 17.2 Å². The third-order valence-corrected chi connectivity index (χ3v) is 6.46. The molecular formula is C36H30FNO4. The largest absolute Gasteiger partial charge is 0.489 e. The van der Waals surface area contributed by atoms with Gasteiger partial charge in [0.15, 0.2) is 17.3 Å². The van der Waals surface area contributed by atoms with Gasteiger partial charge in [0.05, 0.1) is 11.3 Å². The lowest BCUT2D eigenvalue weighted by atomic mass is 10.0. The molecule has 5 aromatic carbocycles. The fourth-order valence-corrected chi connectivity index (χ4v) is 4.28. The van der Waals surface area contributed by atoms with Crippen molar-refractivity contribution in [1.29, 1.82) is 0 Å². The molecule has 0 heterocycles. The van der Waals surface area contributed by atoms with Crippen LogP contribution in [-0.2, 0) is 19.8 Å². The number of anilines is 1. The Labute approximate surface area is 244 Å². The molecule has 0 unspecified atom stereocenters. The lowest BCUT2D eigenvalue weighted by Crippen LogP contribution is -2.07. The Morgan fingerprint density at radius 2 is 1.17 bits per heavy atom. The zero-order valence-corrected chi connectivity index (χ0v) is 22.9. The molecule has 0 saturated carbocycles. The molecule has 5 rings (SSSR count). The zero-order chi connectivity index (χ0) is 29.1. The number of ether oxygens (including phenoxy) is 3. The molecule has 0 atom stereocenters. The SMILES string of the molecule is Nc1cc(OCc2ccccc2)cc(OCc2ccccc2)c1C(=O)/C=C/c1ccc(OCc2ccccc2)c(F)c1. The Balaban J connectivity index is 1.33. The first-order valence-corrected chi connectivity index (χ1v) is 13.5. The maximum absolute atomic E-state index is 14.7. The lowest BCUT2D eigenvalue weighted by molar-refractivity contribution is 0.104. The quantitative estimate of drug-likeness (QED) is 0.0952. The van der Waals surface area contributed by atoms with Crippen LogP contribution in [-0.4, -0.2) is 5.78 Å². The number of nitrogens with two attached hydrogens (primary N) is 1. The molecule has 0 radical (unpaired) electrons. The van der Waals surface area contributed by atoms with Crippen molar-refractivity contribution in [2.75, 3.05) is 5.73 Å². The molecule has 0 spiro atoms. The minimum absolute atomic E-state index is 0.134. The molecule has 0 bridgehead atoms. The van der Waals surface area contributed by atoms with Crippen molar-refractivity contribution < 1.29 is 23.4 Å². The van der Waals surface area contributed by atoms with Gasteiger partial charge in [-0.15, -0.1) is 0 Å². The first kappa shape index (κ1) is 28.2. The number of ketones is 1. The van der Waals surface area contributed by atoms with Crippen LogP contribution in [0.15, 0.2) is 127 Å². The van der Waals surface area contributed by atoms with Crippen LogP contribution in [0.4, 0.5) is 10.1 Å². The van der Waals surface area contributed by atoms with Gasteiger partial charge in [0.25, 0.3) is 0 Å². The molecule has 0 aliphatic rings. The van der Waals surface area contributed by atoms with E-state index < -0.39 is 5.82 Å². The van der Waals surface area contributed by atoms with Crippen molar-refractivity contribution in [1.82, 2.24) is 0 Å². The standard InChI is InChI=1S/C36H30FNO4/c37-31-20-26(17-19-34(31)41-24-28-12-6-2-7-13-28)16-18-33(39)36-32(38)21-30(40-23-27-10-4-1-5-11-27)22-35(36)42-25-29-14-8-3-9-15-29/h1-22H,23-25,38H2/b18-16+. The highest BCUT2D eigenvalue weighted by Gasteiger charge is 2.17. The van der Waals surface area contributed by atoms with E-state index in [1.165, 1.54) is 18.2 Å². The summed E-state index contributed by atoms with van der Waals surface area (Å²) < 4.78 is 32.4. The third kappa shape index (κ3) is 7.64. The summed E-state index contributed by atoms with van der Waals surface area (Å²) in [6.45, 7) is 0.825. The van der Waals surface area contributed by atoms with Crippen LogP contribution >= 0.6 is 0 Å². The fraction of sp³-hybridized carbons (Fsp3) is 0.0833. The number of halogens is 1. The maximum atomic E-state index is 14.7. The highest BCUT2D eigenvalue weighted by atomic mass is 19.1. The predicted octanol–water partition coefficient (Wildman–Crippen LogP) is 8.04. The summed E-state index contributed by atoms with van der Waals surface area (Å²) in [5.74, 6) is 0.0107. The van der Waals surface area contributed by atoms with Crippen LogP contribution in [0.3, 0.4) is 0 Å². The molecule has 5 nitrogen and oxygen atoms in total. The van der Waals surface area contributed by atoms with Crippen LogP contribution in [0.5, 0.6) is 17.2 Å². The van der Waals surface area contributed by atoms with Gasteiger partial charge in [-0.3, -0.25) is 4.79 Å². The number of carbonyl (C=O) groups is 1. The van der Waals surface area contributed by atoms with Crippen LogP contribution in [0.1, 0.15) is 32.6 Å². The summed E-state index contributed by atoms with van der Waals surface area (Å²) in [7, 11) is 0. The molecule has 210 valence electrons. The second-order valence-corrected chi connectivity index (χ2v) is 9.60. The number of hydrogen-bond donors (Lipinski definition) is 1. The van der Waals surface area contributed by atoms with E-state index in [1.54, 1.807) is 24.3 Å². The highest BCUT2D eigenvalue weighted by Crippen LogP contribution is 2.33. The van der Waals surface area contributed by atoms with E-state index >= 15 is 0 Å². The molecular weight excluding hydrogens is 529 g/mol. The molecule has 0 aromatic heterocycles. The van der Waals surface area contributed by atoms with Gasteiger partial charge in [-0.05, 0) is 40.5 Å². The van der Waals surface area contributed by atoms with E-state index in [2.05, 4.69) is 0 Å². The average molecular weight is 560 g/mol. The van der Waals surface area contributed by atoms with Gasteiger partial charge in [-0.1, -0.05) is 103 Å². The third-order valence-electron chi connectivity index (χ3n) is 6.46. The van der Waals surface area contributed by atoms with E-state index in [4.69, 9.17) is 19.9 Å². The van der Waals surface area contributed by atoms with Gasteiger partial charge >= 0.3 is 0 Å². The van der Waals surface area contributed by atoms with E-state index in [9.17, 15) is 9.18 Å². The maximum Gasteiger partial charge on any atom is 0.191 e. The van der Waals surface area contributed by atoms with Gasteiger partial charge in [0, 0.05) is 12.1 Å². The summed E-state index contributed by atoms with van der Waals surface area (Å²) in [6, 6.07) is 36.7. The summed E-state index contributed by atoms with van der Waals surface area (Å²) >= 11 is 0. The Morgan fingerprint density at radius 1 is 0.643 bits per heavy atom. The minimum atomic E-state index is -0.521. The number of carbonyl (C=O) groups excluding carboxylic acids is 1. The second-order valence-electron chi connectivity index (χ2n) is 9.60. The molecule has 42 heavy (non-hydrogen) atoms. The van der Waals surface area contributed by atoms with E-state index in [1.807, 2.05) is 91.0 Å². The molecule has 0 aliphatic heterocycles. The smallest absolute Gasteiger partial charge is 0.191 e. The van der Waals surface area contributed by atoms with Crippen molar-refractivity contribution in [3.63, 3.8) is 0 Å². The van der Waals surface area contributed by atoms with Crippen molar-refractivity contribution in [3.05, 3.63) is 161 Å². The van der Waals surface area contributed by atoms with Crippen molar-refractivity contribution >= 4 is 17.5 Å². The summed E-state index contributed by atoms with van der Waals surface area (Å²) in [5.41, 5.74) is 10.2.